The van der Waals surface area contributed by atoms with Gasteiger partial charge in [0.05, 0.1) is 11.1 Å². The molecule has 0 atom stereocenters. The lowest BCUT2D eigenvalue weighted by atomic mass is 10.0. The lowest BCUT2D eigenvalue weighted by Crippen LogP contribution is -1.98. The third-order valence-electron chi connectivity index (χ3n) is 4.78. The lowest BCUT2D eigenvalue weighted by molar-refractivity contribution is 0.447. The first kappa shape index (κ1) is 23.7. The first-order valence-corrected chi connectivity index (χ1v) is 9.66. The van der Waals surface area contributed by atoms with Gasteiger partial charge in [-0.3, -0.25) is 0 Å². The van der Waals surface area contributed by atoms with Crippen LogP contribution in [0, 0.1) is 29.1 Å². The van der Waals surface area contributed by atoms with Crippen molar-refractivity contribution in [1.82, 2.24) is 19.9 Å². The summed E-state index contributed by atoms with van der Waals surface area (Å²) in [5, 5.41) is 0. The Morgan fingerprint density at radius 2 is 1.09 bits per heavy atom. The molecule has 0 fully saturated rings. The van der Waals surface area contributed by atoms with Crippen molar-refractivity contribution >= 4 is 5.83 Å². The zero-order valence-corrected chi connectivity index (χ0v) is 17.3. The quantitative estimate of drug-likeness (QED) is 0.177. The summed E-state index contributed by atoms with van der Waals surface area (Å²) in [6.45, 7) is 3.05. The zero-order valence-electron chi connectivity index (χ0n) is 17.3. The van der Waals surface area contributed by atoms with E-state index in [1.54, 1.807) is 0 Å². The Labute approximate surface area is 193 Å². The second kappa shape index (κ2) is 9.45. The average molecular weight is 488 g/mol. The van der Waals surface area contributed by atoms with Gasteiger partial charge in [0.1, 0.15) is 11.6 Å². The van der Waals surface area contributed by atoms with E-state index in [9.17, 15) is 30.7 Å². The second-order valence-corrected chi connectivity index (χ2v) is 7.03. The third-order valence-corrected chi connectivity index (χ3v) is 4.78. The van der Waals surface area contributed by atoms with Gasteiger partial charge in [-0.2, -0.15) is 0 Å². The molecule has 0 radical (unpaired) electrons. The summed E-state index contributed by atoms with van der Waals surface area (Å²) >= 11 is 0. The number of hydrogen-bond acceptors (Lipinski definition) is 4. The fraction of sp³-hybridized carbons (Fsp3) is 0. The minimum Gasteiger partial charge on any atom is -0.236 e. The fourth-order valence-corrected chi connectivity index (χ4v) is 3.09. The average Bonchev–Trinajstić information content (AvgIpc) is 2.86. The molecule has 0 N–H and O–H groups in total. The van der Waals surface area contributed by atoms with Crippen LogP contribution in [0.25, 0.3) is 39.7 Å². The molecule has 2 aromatic heterocycles. The van der Waals surface area contributed by atoms with Crippen LogP contribution in [0.4, 0.5) is 30.7 Å². The molecule has 35 heavy (non-hydrogen) atoms. The predicted octanol–water partition coefficient (Wildman–Crippen LogP) is 6.76. The standard InChI is InChI=1S/C24H11F7N4/c1-2-15(25)21(30)11-3-16(26)20(17(27)4-11)13-7-32-24(33-8-13)14-9-34-23(35-10-14)12-5-18(28)22(31)19(29)6-12/h2-10H,1H2. The van der Waals surface area contributed by atoms with Crippen LogP contribution in [0.1, 0.15) is 5.56 Å². The topological polar surface area (TPSA) is 51.6 Å². The molecular formula is C24H11F7N4. The number of rotatable bonds is 5. The van der Waals surface area contributed by atoms with Gasteiger partial charge in [0.25, 0.3) is 0 Å². The van der Waals surface area contributed by atoms with Crippen molar-refractivity contribution in [3.05, 3.63) is 102 Å². The second-order valence-electron chi connectivity index (χ2n) is 7.03. The Bertz CT molecular complexity index is 1420. The molecule has 0 saturated carbocycles. The van der Waals surface area contributed by atoms with Crippen LogP contribution in [0.15, 0.2) is 67.5 Å². The monoisotopic (exact) mass is 488 g/mol. The van der Waals surface area contributed by atoms with Crippen molar-refractivity contribution in [2.75, 3.05) is 0 Å². The van der Waals surface area contributed by atoms with E-state index in [4.69, 9.17) is 0 Å². The minimum absolute atomic E-state index is 0.0521. The van der Waals surface area contributed by atoms with E-state index in [0.717, 1.165) is 24.5 Å². The van der Waals surface area contributed by atoms with Crippen molar-refractivity contribution in [3.8, 4) is 33.9 Å². The van der Waals surface area contributed by atoms with Crippen LogP contribution in [0.3, 0.4) is 0 Å². The normalized spacial score (nSPS) is 11.9. The molecule has 0 saturated heterocycles. The zero-order chi connectivity index (χ0) is 25.3. The molecule has 0 aliphatic heterocycles. The van der Waals surface area contributed by atoms with Crippen molar-refractivity contribution in [2.45, 2.75) is 0 Å². The number of aromatic nitrogens is 4. The summed E-state index contributed by atoms with van der Waals surface area (Å²) in [7, 11) is 0. The highest BCUT2D eigenvalue weighted by Crippen LogP contribution is 2.31. The van der Waals surface area contributed by atoms with Gasteiger partial charge in [-0.1, -0.05) is 6.58 Å². The smallest absolute Gasteiger partial charge is 0.194 e. The van der Waals surface area contributed by atoms with Gasteiger partial charge in [0, 0.05) is 41.5 Å². The Morgan fingerprint density at radius 1 is 0.629 bits per heavy atom. The van der Waals surface area contributed by atoms with Crippen LogP contribution in [0.2, 0.25) is 0 Å². The first-order chi connectivity index (χ1) is 16.7. The molecule has 176 valence electrons. The van der Waals surface area contributed by atoms with E-state index in [2.05, 4.69) is 26.5 Å². The molecule has 4 nitrogen and oxygen atoms in total. The van der Waals surface area contributed by atoms with Gasteiger partial charge in [0.15, 0.2) is 40.8 Å². The number of allylic oxidation sites excluding steroid dienone is 2. The predicted molar refractivity (Wildman–Crippen MR) is 113 cm³/mol. The van der Waals surface area contributed by atoms with E-state index in [1.165, 1.54) is 12.4 Å². The van der Waals surface area contributed by atoms with Gasteiger partial charge in [-0.05, 0) is 30.3 Å². The Morgan fingerprint density at radius 3 is 1.57 bits per heavy atom. The highest BCUT2D eigenvalue weighted by atomic mass is 19.2. The van der Waals surface area contributed by atoms with Crippen molar-refractivity contribution < 1.29 is 30.7 Å². The van der Waals surface area contributed by atoms with Gasteiger partial charge in [-0.15, -0.1) is 0 Å². The molecule has 11 heteroatoms. The molecule has 0 aliphatic carbocycles. The lowest BCUT2D eigenvalue weighted by Gasteiger charge is -2.08. The Hall–Kier alpha value is -4.41. The highest BCUT2D eigenvalue weighted by molar-refractivity contribution is 5.70. The largest absolute Gasteiger partial charge is 0.236 e. The SMILES string of the molecule is C=CC(F)=C(F)c1cc(F)c(-c2cnc(-c3cnc(-c4cc(F)c(F)c(F)c4)nc3)nc2)c(F)c1. The van der Waals surface area contributed by atoms with Crippen molar-refractivity contribution in [2.24, 2.45) is 0 Å². The van der Waals surface area contributed by atoms with Crippen LogP contribution in [0.5, 0.6) is 0 Å². The molecule has 0 spiro atoms. The summed E-state index contributed by atoms with van der Waals surface area (Å²) in [5.41, 5.74) is -1.13. The van der Waals surface area contributed by atoms with E-state index < -0.39 is 51.9 Å². The molecular weight excluding hydrogens is 477 g/mol. The minimum atomic E-state index is -1.62. The molecule has 4 rings (SSSR count). The number of benzene rings is 2. The number of halogens is 7. The number of nitrogens with zero attached hydrogens (tertiary/aromatic N) is 4. The molecule has 2 heterocycles. The summed E-state index contributed by atoms with van der Waals surface area (Å²) in [4.78, 5) is 15.9. The van der Waals surface area contributed by atoms with Crippen molar-refractivity contribution in [1.29, 1.82) is 0 Å². The van der Waals surface area contributed by atoms with Crippen molar-refractivity contribution in [3.63, 3.8) is 0 Å². The van der Waals surface area contributed by atoms with Gasteiger partial charge >= 0.3 is 0 Å². The van der Waals surface area contributed by atoms with E-state index >= 15 is 0 Å². The summed E-state index contributed by atoms with van der Waals surface area (Å²) < 4.78 is 96.2. The van der Waals surface area contributed by atoms with E-state index in [-0.39, 0.29) is 28.3 Å². The summed E-state index contributed by atoms with van der Waals surface area (Å²) in [5.74, 6) is -9.64. The molecule has 0 aliphatic rings. The van der Waals surface area contributed by atoms with Crippen LogP contribution < -0.4 is 0 Å². The molecule has 0 amide bonds. The number of hydrogen-bond donors (Lipinski definition) is 0. The van der Waals surface area contributed by atoms with Gasteiger partial charge in [-0.25, -0.2) is 50.7 Å². The molecule has 0 bridgehead atoms. The van der Waals surface area contributed by atoms with E-state index in [1.807, 2.05) is 0 Å². The van der Waals surface area contributed by atoms with Crippen LogP contribution in [-0.2, 0) is 0 Å². The third kappa shape index (κ3) is 4.65. The molecule has 2 aromatic carbocycles. The maximum Gasteiger partial charge on any atom is 0.194 e. The maximum absolute atomic E-state index is 14.5. The maximum atomic E-state index is 14.5. The summed E-state index contributed by atoms with van der Waals surface area (Å²) in [6, 6.07) is 2.72. The highest BCUT2D eigenvalue weighted by Gasteiger charge is 2.18. The van der Waals surface area contributed by atoms with E-state index in [0.29, 0.717) is 18.2 Å². The summed E-state index contributed by atoms with van der Waals surface area (Å²) in [6.07, 6.45) is 5.22. The molecule has 0 unspecified atom stereocenters. The van der Waals surface area contributed by atoms with Gasteiger partial charge in [0.2, 0.25) is 0 Å². The Kier molecular flexibility index (Phi) is 6.41. The Balaban J connectivity index is 1.62. The van der Waals surface area contributed by atoms with Crippen LogP contribution in [-0.4, -0.2) is 19.9 Å². The van der Waals surface area contributed by atoms with Gasteiger partial charge < -0.3 is 0 Å². The van der Waals surface area contributed by atoms with Crippen LogP contribution >= 0.6 is 0 Å². The molecule has 4 aromatic rings. The first-order valence-electron chi connectivity index (χ1n) is 9.66. The fourth-order valence-electron chi connectivity index (χ4n) is 3.09.